The summed E-state index contributed by atoms with van der Waals surface area (Å²) in [6.07, 6.45) is 0. The van der Waals surface area contributed by atoms with Crippen molar-refractivity contribution in [1.82, 2.24) is 0 Å². The Labute approximate surface area is 121 Å². The number of hydrogen-bond acceptors (Lipinski definition) is 5. The zero-order valence-corrected chi connectivity index (χ0v) is 11.9. The number of esters is 1. The van der Waals surface area contributed by atoms with Crippen LogP contribution in [0.15, 0.2) is 35.7 Å². The smallest absolute Gasteiger partial charge is 0.340 e. The summed E-state index contributed by atoms with van der Waals surface area (Å²) in [4.78, 5) is 12.9. The molecule has 102 valence electrons. The zero-order valence-electron chi connectivity index (χ0n) is 11.1. The van der Waals surface area contributed by atoms with Crippen LogP contribution in [0.25, 0.3) is 0 Å². The van der Waals surface area contributed by atoms with E-state index >= 15 is 0 Å². The Kier molecular flexibility index (Phi) is 4.75. The van der Waals surface area contributed by atoms with Gasteiger partial charge in [0.05, 0.1) is 17.7 Å². The number of ether oxygens (including phenoxy) is 1. The van der Waals surface area contributed by atoms with E-state index < -0.39 is 0 Å². The molecule has 0 bridgehead atoms. The Morgan fingerprint density at radius 3 is 2.95 bits per heavy atom. The maximum atomic E-state index is 11.8. The molecule has 0 radical (unpaired) electrons. The molecule has 0 aliphatic heterocycles. The quantitative estimate of drug-likeness (QED) is 0.856. The number of rotatable bonds is 5. The molecule has 0 aliphatic rings. The van der Waals surface area contributed by atoms with E-state index in [0.29, 0.717) is 24.3 Å². The van der Waals surface area contributed by atoms with Gasteiger partial charge in [0.15, 0.2) is 0 Å². The predicted molar refractivity (Wildman–Crippen MR) is 78.8 cm³/mol. The second-order valence-corrected chi connectivity index (χ2v) is 5.03. The number of carbonyl (C=O) groups excluding carboxylic acids is 1. The molecule has 1 N–H and O–H groups in total. The maximum Gasteiger partial charge on any atom is 0.340 e. The Balaban J connectivity index is 2.09. The lowest BCUT2D eigenvalue weighted by molar-refractivity contribution is 0.0527. The van der Waals surface area contributed by atoms with Crippen LogP contribution in [0.1, 0.15) is 27.7 Å². The lowest BCUT2D eigenvalue weighted by Crippen LogP contribution is -2.09. The van der Waals surface area contributed by atoms with Crippen LogP contribution >= 0.6 is 11.3 Å². The Morgan fingerprint density at radius 1 is 1.45 bits per heavy atom. The highest BCUT2D eigenvalue weighted by molar-refractivity contribution is 7.10. The molecular formula is C15H14N2O2S. The monoisotopic (exact) mass is 286 g/mol. The van der Waals surface area contributed by atoms with E-state index in [9.17, 15) is 4.79 Å². The van der Waals surface area contributed by atoms with Gasteiger partial charge in [0.1, 0.15) is 6.07 Å². The summed E-state index contributed by atoms with van der Waals surface area (Å²) < 4.78 is 5.02. The molecule has 0 atom stereocenters. The molecule has 5 heteroatoms. The molecule has 1 aromatic heterocycles. The summed E-state index contributed by atoms with van der Waals surface area (Å²) in [5.41, 5.74) is 1.91. The summed E-state index contributed by atoms with van der Waals surface area (Å²) >= 11 is 1.52. The average molecular weight is 286 g/mol. The first kappa shape index (κ1) is 14.1. The first-order valence-electron chi connectivity index (χ1n) is 6.22. The van der Waals surface area contributed by atoms with E-state index in [2.05, 4.69) is 11.4 Å². The van der Waals surface area contributed by atoms with Crippen molar-refractivity contribution in [2.24, 2.45) is 0 Å². The molecule has 0 unspecified atom stereocenters. The van der Waals surface area contributed by atoms with Gasteiger partial charge in [-0.25, -0.2) is 4.79 Å². The highest BCUT2D eigenvalue weighted by atomic mass is 32.1. The van der Waals surface area contributed by atoms with Crippen LogP contribution in [-0.4, -0.2) is 12.6 Å². The number of anilines is 1. The van der Waals surface area contributed by atoms with Gasteiger partial charge in [-0.2, -0.15) is 5.26 Å². The molecule has 0 saturated heterocycles. The van der Waals surface area contributed by atoms with E-state index in [0.717, 1.165) is 10.6 Å². The van der Waals surface area contributed by atoms with Crippen molar-refractivity contribution in [3.63, 3.8) is 0 Å². The van der Waals surface area contributed by atoms with Gasteiger partial charge < -0.3 is 10.1 Å². The molecule has 0 saturated carbocycles. The van der Waals surface area contributed by atoms with Crippen LogP contribution in [-0.2, 0) is 11.3 Å². The highest BCUT2D eigenvalue weighted by Crippen LogP contribution is 2.20. The summed E-state index contributed by atoms with van der Waals surface area (Å²) in [7, 11) is 0. The predicted octanol–water partition coefficient (Wildman–Crippen LogP) is 3.41. The lowest BCUT2D eigenvalue weighted by Gasteiger charge is -2.10. The average Bonchev–Trinajstić information content (AvgIpc) is 2.93. The van der Waals surface area contributed by atoms with Gasteiger partial charge in [-0.15, -0.1) is 11.3 Å². The SMILES string of the molecule is CCOC(=O)c1ccccc1NCc1cc(C#N)cs1. The fourth-order valence-electron chi connectivity index (χ4n) is 1.74. The number of nitrogens with one attached hydrogen (secondary N) is 1. The minimum atomic E-state index is -0.334. The fourth-order valence-corrected chi connectivity index (χ4v) is 2.49. The van der Waals surface area contributed by atoms with Crippen LogP contribution in [0.4, 0.5) is 5.69 Å². The minimum absolute atomic E-state index is 0.334. The van der Waals surface area contributed by atoms with Crippen LogP contribution < -0.4 is 5.32 Å². The van der Waals surface area contributed by atoms with Gasteiger partial charge in [0, 0.05) is 22.5 Å². The van der Waals surface area contributed by atoms with Crippen LogP contribution in [0.3, 0.4) is 0 Å². The van der Waals surface area contributed by atoms with Crippen LogP contribution in [0.5, 0.6) is 0 Å². The van der Waals surface area contributed by atoms with Crippen molar-refractivity contribution in [1.29, 1.82) is 5.26 Å². The summed E-state index contributed by atoms with van der Waals surface area (Å²) in [6, 6.07) is 11.2. The van der Waals surface area contributed by atoms with Crippen molar-refractivity contribution in [2.45, 2.75) is 13.5 Å². The number of para-hydroxylation sites is 1. The number of nitrogens with zero attached hydrogens (tertiary/aromatic N) is 1. The van der Waals surface area contributed by atoms with Gasteiger partial charge in [0.25, 0.3) is 0 Å². The number of thiophene rings is 1. The molecule has 0 amide bonds. The number of nitriles is 1. The molecule has 2 aromatic rings. The third kappa shape index (κ3) is 3.37. The topological polar surface area (TPSA) is 62.1 Å². The van der Waals surface area contributed by atoms with Crippen molar-refractivity contribution >= 4 is 23.0 Å². The standard InChI is InChI=1S/C15H14N2O2S/c1-2-19-15(18)13-5-3-4-6-14(13)17-9-12-7-11(8-16)10-20-12/h3-7,10,17H,2,9H2,1H3. The highest BCUT2D eigenvalue weighted by Gasteiger charge is 2.11. The number of carbonyl (C=O) groups is 1. The third-order valence-corrected chi connectivity index (χ3v) is 3.60. The molecule has 20 heavy (non-hydrogen) atoms. The van der Waals surface area contributed by atoms with E-state index in [-0.39, 0.29) is 5.97 Å². The third-order valence-electron chi connectivity index (χ3n) is 2.66. The van der Waals surface area contributed by atoms with Crippen molar-refractivity contribution in [2.75, 3.05) is 11.9 Å². The molecule has 2 rings (SSSR count). The molecule has 4 nitrogen and oxygen atoms in total. The van der Waals surface area contributed by atoms with Crippen molar-refractivity contribution < 1.29 is 9.53 Å². The molecule has 0 aliphatic carbocycles. The molecule has 0 fully saturated rings. The van der Waals surface area contributed by atoms with Crippen molar-refractivity contribution in [3.05, 3.63) is 51.7 Å². The minimum Gasteiger partial charge on any atom is -0.462 e. The van der Waals surface area contributed by atoms with Crippen LogP contribution in [0, 0.1) is 11.3 Å². The second-order valence-electron chi connectivity index (χ2n) is 4.03. The Hall–Kier alpha value is -2.32. The van der Waals surface area contributed by atoms with E-state index in [1.54, 1.807) is 19.1 Å². The summed E-state index contributed by atoms with van der Waals surface area (Å²) in [6.45, 7) is 2.70. The summed E-state index contributed by atoms with van der Waals surface area (Å²) in [5.74, 6) is -0.334. The van der Waals surface area contributed by atoms with Gasteiger partial charge >= 0.3 is 5.97 Å². The van der Waals surface area contributed by atoms with Gasteiger partial charge in [-0.1, -0.05) is 12.1 Å². The lowest BCUT2D eigenvalue weighted by atomic mass is 10.2. The Morgan fingerprint density at radius 2 is 2.25 bits per heavy atom. The zero-order chi connectivity index (χ0) is 14.4. The first-order valence-corrected chi connectivity index (χ1v) is 7.10. The maximum absolute atomic E-state index is 11.8. The molecule has 1 aromatic carbocycles. The second kappa shape index (κ2) is 6.73. The van der Waals surface area contributed by atoms with Gasteiger partial charge in [-0.3, -0.25) is 0 Å². The molecular weight excluding hydrogens is 272 g/mol. The first-order chi connectivity index (χ1) is 9.74. The Bertz CT molecular complexity index is 643. The number of benzene rings is 1. The van der Waals surface area contributed by atoms with Crippen molar-refractivity contribution in [3.8, 4) is 6.07 Å². The van der Waals surface area contributed by atoms with E-state index in [1.165, 1.54) is 11.3 Å². The molecule has 1 heterocycles. The van der Waals surface area contributed by atoms with E-state index in [4.69, 9.17) is 10.00 Å². The normalized spacial score (nSPS) is 9.80. The number of hydrogen-bond donors (Lipinski definition) is 1. The summed E-state index contributed by atoms with van der Waals surface area (Å²) in [5, 5.41) is 13.8. The van der Waals surface area contributed by atoms with E-state index in [1.807, 2.05) is 23.6 Å². The van der Waals surface area contributed by atoms with Crippen LogP contribution in [0.2, 0.25) is 0 Å². The largest absolute Gasteiger partial charge is 0.462 e. The molecule has 0 spiro atoms. The fraction of sp³-hybridized carbons (Fsp3) is 0.200. The van der Waals surface area contributed by atoms with Gasteiger partial charge in [0.2, 0.25) is 0 Å². The van der Waals surface area contributed by atoms with Gasteiger partial charge in [-0.05, 0) is 25.1 Å².